The Hall–Kier alpha value is -0.550. The standard InChI is InChI=1S/C12H22N2/c1-4-11(3)14-12(9-13)8-6-5-7-10(12)2/h10-11,14H,4-8H2,1-3H3. The Morgan fingerprint density at radius 3 is 2.79 bits per heavy atom. The Kier molecular flexibility index (Phi) is 3.95. The summed E-state index contributed by atoms with van der Waals surface area (Å²) in [5.74, 6) is 0.496. The zero-order valence-corrected chi connectivity index (χ0v) is 9.64. The highest BCUT2D eigenvalue weighted by molar-refractivity contribution is 5.12. The minimum absolute atomic E-state index is 0.242. The molecule has 1 aliphatic carbocycles. The van der Waals surface area contributed by atoms with E-state index in [1.807, 2.05) is 0 Å². The maximum absolute atomic E-state index is 9.34. The third-order valence-electron chi connectivity index (χ3n) is 3.62. The van der Waals surface area contributed by atoms with E-state index >= 15 is 0 Å². The second-order valence-corrected chi connectivity index (χ2v) is 4.68. The molecule has 0 aromatic rings. The van der Waals surface area contributed by atoms with E-state index in [1.54, 1.807) is 0 Å². The van der Waals surface area contributed by atoms with Gasteiger partial charge in [-0.3, -0.25) is 5.32 Å². The Balaban J connectivity index is 2.69. The molecule has 1 rings (SSSR count). The van der Waals surface area contributed by atoms with Gasteiger partial charge in [-0.05, 0) is 32.1 Å². The first-order valence-corrected chi connectivity index (χ1v) is 5.83. The van der Waals surface area contributed by atoms with Gasteiger partial charge in [0, 0.05) is 6.04 Å². The lowest BCUT2D eigenvalue weighted by atomic mass is 9.74. The number of hydrogen-bond donors (Lipinski definition) is 1. The fraction of sp³-hybridized carbons (Fsp3) is 0.917. The summed E-state index contributed by atoms with van der Waals surface area (Å²) in [7, 11) is 0. The highest BCUT2D eigenvalue weighted by Gasteiger charge is 2.38. The average Bonchev–Trinajstić information content (AvgIpc) is 2.21. The molecule has 2 heteroatoms. The maximum Gasteiger partial charge on any atom is 0.109 e. The summed E-state index contributed by atoms with van der Waals surface area (Å²) >= 11 is 0. The third-order valence-corrected chi connectivity index (χ3v) is 3.62. The van der Waals surface area contributed by atoms with Crippen molar-refractivity contribution in [2.75, 3.05) is 0 Å². The normalized spacial score (nSPS) is 34.9. The van der Waals surface area contributed by atoms with Crippen LogP contribution in [0.15, 0.2) is 0 Å². The molecule has 0 bridgehead atoms. The average molecular weight is 194 g/mol. The second-order valence-electron chi connectivity index (χ2n) is 4.68. The molecule has 3 unspecified atom stereocenters. The summed E-state index contributed by atoms with van der Waals surface area (Å²) in [6, 6.07) is 2.98. The number of nitrogens with zero attached hydrogens (tertiary/aromatic N) is 1. The van der Waals surface area contributed by atoms with Gasteiger partial charge in [-0.25, -0.2) is 0 Å². The third kappa shape index (κ3) is 2.27. The van der Waals surface area contributed by atoms with Crippen molar-refractivity contribution in [1.29, 1.82) is 5.26 Å². The molecular formula is C12H22N2. The Bertz CT molecular complexity index is 219. The van der Waals surface area contributed by atoms with Gasteiger partial charge in [0.1, 0.15) is 5.54 Å². The lowest BCUT2D eigenvalue weighted by molar-refractivity contribution is 0.194. The molecule has 0 aromatic heterocycles. The monoisotopic (exact) mass is 194 g/mol. The molecule has 0 aliphatic heterocycles. The largest absolute Gasteiger partial charge is 0.297 e. The zero-order valence-electron chi connectivity index (χ0n) is 9.64. The summed E-state index contributed by atoms with van der Waals surface area (Å²) in [5, 5.41) is 12.9. The van der Waals surface area contributed by atoms with E-state index in [4.69, 9.17) is 0 Å². The predicted molar refractivity (Wildman–Crippen MR) is 58.9 cm³/mol. The number of rotatable bonds is 3. The fourth-order valence-corrected chi connectivity index (χ4v) is 2.30. The van der Waals surface area contributed by atoms with Crippen LogP contribution in [0.1, 0.15) is 52.9 Å². The van der Waals surface area contributed by atoms with E-state index in [0.29, 0.717) is 12.0 Å². The van der Waals surface area contributed by atoms with E-state index in [1.165, 1.54) is 19.3 Å². The van der Waals surface area contributed by atoms with Crippen molar-refractivity contribution in [1.82, 2.24) is 5.32 Å². The molecule has 3 atom stereocenters. The van der Waals surface area contributed by atoms with Crippen LogP contribution in [0, 0.1) is 17.2 Å². The quantitative estimate of drug-likeness (QED) is 0.750. The van der Waals surface area contributed by atoms with Crippen molar-refractivity contribution >= 4 is 0 Å². The summed E-state index contributed by atoms with van der Waals surface area (Å²) < 4.78 is 0. The molecule has 14 heavy (non-hydrogen) atoms. The van der Waals surface area contributed by atoms with Crippen molar-refractivity contribution in [3.63, 3.8) is 0 Å². The highest BCUT2D eigenvalue weighted by atomic mass is 15.0. The summed E-state index contributed by atoms with van der Waals surface area (Å²) in [6.07, 6.45) is 5.79. The van der Waals surface area contributed by atoms with Gasteiger partial charge in [-0.1, -0.05) is 26.7 Å². The van der Waals surface area contributed by atoms with Gasteiger partial charge in [-0.15, -0.1) is 0 Å². The maximum atomic E-state index is 9.34. The molecule has 1 N–H and O–H groups in total. The predicted octanol–water partition coefficient (Wildman–Crippen LogP) is 2.85. The van der Waals surface area contributed by atoms with Gasteiger partial charge >= 0.3 is 0 Å². The lowest BCUT2D eigenvalue weighted by Crippen LogP contribution is -2.54. The van der Waals surface area contributed by atoms with E-state index in [0.717, 1.165) is 12.8 Å². The smallest absolute Gasteiger partial charge is 0.109 e. The van der Waals surface area contributed by atoms with E-state index in [-0.39, 0.29) is 5.54 Å². The van der Waals surface area contributed by atoms with Crippen molar-refractivity contribution < 1.29 is 0 Å². The van der Waals surface area contributed by atoms with Gasteiger partial charge in [0.25, 0.3) is 0 Å². The molecule has 1 fully saturated rings. The van der Waals surface area contributed by atoms with Crippen LogP contribution in [0.2, 0.25) is 0 Å². The van der Waals surface area contributed by atoms with Crippen molar-refractivity contribution in [2.45, 2.75) is 64.5 Å². The van der Waals surface area contributed by atoms with E-state index in [2.05, 4.69) is 32.2 Å². The Morgan fingerprint density at radius 2 is 2.29 bits per heavy atom. The molecule has 2 nitrogen and oxygen atoms in total. The van der Waals surface area contributed by atoms with Crippen LogP contribution in [0.4, 0.5) is 0 Å². The van der Waals surface area contributed by atoms with Crippen LogP contribution in [-0.2, 0) is 0 Å². The first-order valence-electron chi connectivity index (χ1n) is 5.83. The molecule has 1 aliphatic rings. The molecule has 0 heterocycles. The second kappa shape index (κ2) is 4.79. The molecule has 1 saturated carbocycles. The first kappa shape index (κ1) is 11.5. The number of nitrogens with one attached hydrogen (secondary N) is 1. The van der Waals surface area contributed by atoms with Gasteiger partial charge in [0.2, 0.25) is 0 Å². The molecule has 0 amide bonds. The zero-order chi connectivity index (χ0) is 10.6. The summed E-state index contributed by atoms with van der Waals surface area (Å²) in [5.41, 5.74) is -0.242. The minimum Gasteiger partial charge on any atom is -0.297 e. The summed E-state index contributed by atoms with van der Waals surface area (Å²) in [6.45, 7) is 6.54. The van der Waals surface area contributed by atoms with Crippen LogP contribution < -0.4 is 5.32 Å². The van der Waals surface area contributed by atoms with Crippen molar-refractivity contribution in [3.8, 4) is 6.07 Å². The SMILES string of the molecule is CCC(C)NC1(C#N)CCCCC1C. The van der Waals surface area contributed by atoms with Gasteiger partial charge in [0.15, 0.2) is 0 Å². The van der Waals surface area contributed by atoms with Crippen molar-refractivity contribution in [3.05, 3.63) is 0 Å². The minimum atomic E-state index is -0.242. The Morgan fingerprint density at radius 1 is 1.57 bits per heavy atom. The molecule has 0 radical (unpaired) electrons. The van der Waals surface area contributed by atoms with Crippen LogP contribution in [0.3, 0.4) is 0 Å². The van der Waals surface area contributed by atoms with Gasteiger partial charge < -0.3 is 0 Å². The van der Waals surface area contributed by atoms with Crippen LogP contribution >= 0.6 is 0 Å². The topological polar surface area (TPSA) is 35.8 Å². The van der Waals surface area contributed by atoms with Gasteiger partial charge in [-0.2, -0.15) is 5.26 Å². The lowest BCUT2D eigenvalue weighted by Gasteiger charge is -2.39. The number of hydrogen-bond acceptors (Lipinski definition) is 2. The number of nitriles is 1. The van der Waals surface area contributed by atoms with E-state index < -0.39 is 0 Å². The van der Waals surface area contributed by atoms with E-state index in [9.17, 15) is 5.26 Å². The molecule has 0 saturated heterocycles. The first-order chi connectivity index (χ1) is 6.64. The molecule has 80 valence electrons. The highest BCUT2D eigenvalue weighted by Crippen LogP contribution is 2.33. The van der Waals surface area contributed by atoms with Gasteiger partial charge in [0.05, 0.1) is 6.07 Å². The van der Waals surface area contributed by atoms with Crippen molar-refractivity contribution in [2.24, 2.45) is 5.92 Å². The van der Waals surface area contributed by atoms with Crippen LogP contribution in [-0.4, -0.2) is 11.6 Å². The fourth-order valence-electron chi connectivity index (χ4n) is 2.30. The van der Waals surface area contributed by atoms with Crippen LogP contribution in [0.5, 0.6) is 0 Å². The Labute approximate surface area is 87.7 Å². The molecule has 0 spiro atoms. The molecule has 0 aromatic carbocycles. The summed E-state index contributed by atoms with van der Waals surface area (Å²) in [4.78, 5) is 0. The molecular weight excluding hydrogens is 172 g/mol. The van der Waals surface area contributed by atoms with Crippen LogP contribution in [0.25, 0.3) is 0 Å².